The molecule has 100 valence electrons. The number of anilines is 1. The first kappa shape index (κ1) is 14.0. The first-order chi connectivity index (χ1) is 8.58. The maximum atomic E-state index is 6.10. The number of hydrogen-bond acceptors (Lipinski definition) is 2. The van der Waals surface area contributed by atoms with Crippen LogP contribution < -0.4 is 10.2 Å². The molecule has 0 unspecified atom stereocenters. The number of benzene rings is 1. The minimum atomic E-state index is 0.449. The van der Waals surface area contributed by atoms with Gasteiger partial charge in [-0.15, -0.1) is 0 Å². The molecular formula is C14H20Cl2N2. The van der Waals surface area contributed by atoms with E-state index in [0.29, 0.717) is 22.1 Å². The number of nitrogens with one attached hydrogen (secondary N) is 1. The van der Waals surface area contributed by atoms with Crippen molar-refractivity contribution in [3.8, 4) is 0 Å². The highest BCUT2D eigenvalue weighted by atomic mass is 35.5. The maximum absolute atomic E-state index is 6.10. The Bertz CT molecular complexity index is 401. The lowest BCUT2D eigenvalue weighted by Crippen LogP contribution is -2.41. The van der Waals surface area contributed by atoms with E-state index in [2.05, 4.69) is 24.1 Å². The molecule has 1 aromatic carbocycles. The average molecular weight is 287 g/mol. The number of hydrogen-bond donors (Lipinski definition) is 1. The molecule has 0 aromatic heterocycles. The van der Waals surface area contributed by atoms with E-state index >= 15 is 0 Å². The fourth-order valence-corrected chi connectivity index (χ4v) is 2.72. The summed E-state index contributed by atoms with van der Waals surface area (Å²) in [6.07, 6.45) is 2.53. The molecule has 1 atom stereocenters. The first-order valence-corrected chi connectivity index (χ1v) is 7.28. The van der Waals surface area contributed by atoms with E-state index in [0.717, 1.165) is 18.8 Å². The van der Waals surface area contributed by atoms with Crippen molar-refractivity contribution in [2.75, 3.05) is 18.0 Å². The Kier molecular flexibility index (Phi) is 4.77. The summed E-state index contributed by atoms with van der Waals surface area (Å²) >= 11 is 12.1. The predicted molar refractivity (Wildman–Crippen MR) is 80.0 cm³/mol. The second-order valence-electron chi connectivity index (χ2n) is 5.14. The first-order valence-electron chi connectivity index (χ1n) is 6.53. The summed E-state index contributed by atoms with van der Waals surface area (Å²) in [6, 6.07) is 6.91. The van der Waals surface area contributed by atoms with Crippen molar-refractivity contribution >= 4 is 28.9 Å². The zero-order chi connectivity index (χ0) is 13.1. The molecule has 1 fully saturated rings. The quantitative estimate of drug-likeness (QED) is 0.901. The molecule has 2 rings (SSSR count). The third-order valence-electron chi connectivity index (χ3n) is 3.44. The van der Waals surface area contributed by atoms with Crippen LogP contribution in [0.3, 0.4) is 0 Å². The molecule has 1 heterocycles. The van der Waals surface area contributed by atoms with Gasteiger partial charge in [-0.25, -0.2) is 0 Å². The normalized spacial score (nSPS) is 19.5. The molecule has 1 aliphatic rings. The van der Waals surface area contributed by atoms with Crippen molar-refractivity contribution in [1.82, 2.24) is 5.32 Å². The molecule has 1 N–H and O–H groups in total. The van der Waals surface area contributed by atoms with Crippen LogP contribution in [0.5, 0.6) is 0 Å². The van der Waals surface area contributed by atoms with Crippen molar-refractivity contribution in [2.24, 2.45) is 0 Å². The SMILES string of the molecule is CC(C)N(C[C@@H]1CCCN1)c1ccc(Cl)c(Cl)c1. The summed E-state index contributed by atoms with van der Waals surface area (Å²) < 4.78 is 0. The van der Waals surface area contributed by atoms with Crippen molar-refractivity contribution in [3.05, 3.63) is 28.2 Å². The van der Waals surface area contributed by atoms with Gasteiger partial charge in [0.2, 0.25) is 0 Å². The Morgan fingerprint density at radius 3 is 2.67 bits per heavy atom. The van der Waals surface area contributed by atoms with E-state index in [1.807, 2.05) is 18.2 Å². The van der Waals surface area contributed by atoms with Crippen LogP contribution in [0.25, 0.3) is 0 Å². The van der Waals surface area contributed by atoms with Gasteiger partial charge in [0.15, 0.2) is 0 Å². The third-order valence-corrected chi connectivity index (χ3v) is 4.18. The number of rotatable bonds is 4. The monoisotopic (exact) mass is 286 g/mol. The van der Waals surface area contributed by atoms with Gasteiger partial charge in [0.05, 0.1) is 10.0 Å². The summed E-state index contributed by atoms with van der Waals surface area (Å²) in [5.74, 6) is 0. The largest absolute Gasteiger partial charge is 0.367 e. The second-order valence-corrected chi connectivity index (χ2v) is 5.95. The van der Waals surface area contributed by atoms with Gasteiger partial charge in [-0.1, -0.05) is 23.2 Å². The van der Waals surface area contributed by atoms with Crippen molar-refractivity contribution in [1.29, 1.82) is 0 Å². The van der Waals surface area contributed by atoms with Crippen LogP contribution in [0.2, 0.25) is 10.0 Å². The van der Waals surface area contributed by atoms with E-state index in [1.165, 1.54) is 12.8 Å². The molecule has 1 aromatic rings. The van der Waals surface area contributed by atoms with Gasteiger partial charge in [-0.2, -0.15) is 0 Å². The van der Waals surface area contributed by atoms with Gasteiger partial charge in [0.25, 0.3) is 0 Å². The van der Waals surface area contributed by atoms with Crippen LogP contribution in [0.15, 0.2) is 18.2 Å². The van der Waals surface area contributed by atoms with Crippen LogP contribution >= 0.6 is 23.2 Å². The Labute approximate surface area is 119 Å². The van der Waals surface area contributed by atoms with Gasteiger partial charge in [0.1, 0.15) is 0 Å². The summed E-state index contributed by atoms with van der Waals surface area (Å²) in [5, 5.41) is 4.78. The molecule has 0 spiro atoms. The van der Waals surface area contributed by atoms with Gasteiger partial charge < -0.3 is 10.2 Å². The second kappa shape index (κ2) is 6.14. The lowest BCUT2D eigenvalue weighted by Gasteiger charge is -2.32. The number of halogens is 2. The average Bonchev–Trinajstić information content (AvgIpc) is 2.82. The van der Waals surface area contributed by atoms with E-state index in [9.17, 15) is 0 Å². The molecular weight excluding hydrogens is 267 g/mol. The molecule has 0 radical (unpaired) electrons. The van der Waals surface area contributed by atoms with Gasteiger partial charge >= 0.3 is 0 Å². The summed E-state index contributed by atoms with van der Waals surface area (Å²) in [5.41, 5.74) is 1.15. The number of nitrogens with zero attached hydrogens (tertiary/aromatic N) is 1. The molecule has 1 saturated heterocycles. The van der Waals surface area contributed by atoms with Crippen LogP contribution in [-0.4, -0.2) is 25.2 Å². The van der Waals surface area contributed by atoms with Crippen molar-refractivity contribution in [3.63, 3.8) is 0 Å². The third kappa shape index (κ3) is 3.31. The fraction of sp³-hybridized carbons (Fsp3) is 0.571. The lowest BCUT2D eigenvalue weighted by atomic mass is 10.1. The predicted octanol–water partition coefficient (Wildman–Crippen LogP) is 3.96. The van der Waals surface area contributed by atoms with E-state index in [1.54, 1.807) is 0 Å². The summed E-state index contributed by atoms with van der Waals surface area (Å²) in [6.45, 7) is 6.57. The van der Waals surface area contributed by atoms with Crippen LogP contribution in [-0.2, 0) is 0 Å². The molecule has 0 amide bonds. The Hall–Kier alpha value is -0.440. The molecule has 2 nitrogen and oxygen atoms in total. The summed E-state index contributed by atoms with van der Waals surface area (Å²) in [4.78, 5) is 2.38. The molecule has 0 aliphatic carbocycles. The Morgan fingerprint density at radius 2 is 2.11 bits per heavy atom. The van der Waals surface area contributed by atoms with Crippen LogP contribution in [0.1, 0.15) is 26.7 Å². The Balaban J connectivity index is 2.15. The highest BCUT2D eigenvalue weighted by Crippen LogP contribution is 2.28. The van der Waals surface area contributed by atoms with Gasteiger partial charge in [-0.3, -0.25) is 0 Å². The minimum absolute atomic E-state index is 0.449. The van der Waals surface area contributed by atoms with E-state index in [4.69, 9.17) is 23.2 Å². The fourth-order valence-electron chi connectivity index (χ4n) is 2.43. The molecule has 0 bridgehead atoms. The van der Waals surface area contributed by atoms with Crippen LogP contribution in [0, 0.1) is 0 Å². The molecule has 1 aliphatic heterocycles. The Morgan fingerprint density at radius 1 is 1.33 bits per heavy atom. The zero-order valence-electron chi connectivity index (χ0n) is 10.9. The van der Waals surface area contributed by atoms with Gasteiger partial charge in [-0.05, 0) is 51.4 Å². The molecule has 4 heteroatoms. The lowest BCUT2D eigenvalue weighted by molar-refractivity contribution is 0.553. The van der Waals surface area contributed by atoms with Gasteiger partial charge in [0, 0.05) is 24.3 Å². The topological polar surface area (TPSA) is 15.3 Å². The summed E-state index contributed by atoms with van der Waals surface area (Å²) in [7, 11) is 0. The smallest absolute Gasteiger partial charge is 0.0612 e. The van der Waals surface area contributed by atoms with E-state index in [-0.39, 0.29) is 0 Å². The van der Waals surface area contributed by atoms with Crippen molar-refractivity contribution in [2.45, 2.75) is 38.8 Å². The zero-order valence-corrected chi connectivity index (χ0v) is 12.4. The van der Waals surface area contributed by atoms with E-state index < -0.39 is 0 Å². The van der Waals surface area contributed by atoms with Crippen molar-refractivity contribution < 1.29 is 0 Å². The minimum Gasteiger partial charge on any atom is -0.367 e. The highest BCUT2D eigenvalue weighted by Gasteiger charge is 2.20. The molecule has 0 saturated carbocycles. The maximum Gasteiger partial charge on any atom is 0.0612 e. The standard InChI is InChI=1S/C14H20Cl2N2/c1-10(2)18(9-11-4-3-7-17-11)12-5-6-13(15)14(16)8-12/h5-6,8,10-11,17H,3-4,7,9H2,1-2H3/t11-/m0/s1. The highest BCUT2D eigenvalue weighted by molar-refractivity contribution is 6.42. The molecule has 18 heavy (non-hydrogen) atoms. The van der Waals surface area contributed by atoms with Crippen LogP contribution in [0.4, 0.5) is 5.69 Å².